The van der Waals surface area contributed by atoms with Gasteiger partial charge in [-0.2, -0.15) is 0 Å². The van der Waals surface area contributed by atoms with Crippen LogP contribution in [0, 0.1) is 13.8 Å². The molecule has 0 radical (unpaired) electrons. The summed E-state index contributed by atoms with van der Waals surface area (Å²) in [5.41, 5.74) is 6.94. The molecule has 130 valence electrons. The molecule has 0 saturated carbocycles. The van der Waals surface area contributed by atoms with Crippen molar-refractivity contribution in [1.29, 1.82) is 0 Å². The molecular weight excluding hydrogens is 387 g/mol. The van der Waals surface area contributed by atoms with Crippen LogP contribution in [0.25, 0.3) is 22.1 Å². The van der Waals surface area contributed by atoms with Crippen molar-refractivity contribution in [2.75, 3.05) is 0 Å². The van der Waals surface area contributed by atoms with Crippen LogP contribution < -0.4 is 9.97 Å². The summed E-state index contributed by atoms with van der Waals surface area (Å²) in [7, 11) is 0. The molecule has 2 aromatic heterocycles. The van der Waals surface area contributed by atoms with Gasteiger partial charge in [0.2, 0.25) is 0 Å². The van der Waals surface area contributed by atoms with E-state index in [1.165, 1.54) is 0 Å². The zero-order valence-electron chi connectivity index (χ0n) is 13.3. The number of aryl methyl sites for hydroxylation is 2. The van der Waals surface area contributed by atoms with E-state index in [0.717, 1.165) is 33.7 Å². The number of benzene rings is 2. The summed E-state index contributed by atoms with van der Waals surface area (Å²) < 4.78 is 0. The van der Waals surface area contributed by atoms with Crippen LogP contribution in [-0.4, -0.2) is 15.4 Å². The number of aromatic nitrogens is 4. The summed E-state index contributed by atoms with van der Waals surface area (Å²) in [6.07, 6.45) is 0. The van der Waals surface area contributed by atoms with E-state index in [1.54, 1.807) is 0 Å². The topological polar surface area (TPSA) is 54.0 Å². The van der Waals surface area contributed by atoms with Crippen molar-refractivity contribution >= 4 is 52.3 Å². The maximum absolute atomic E-state index is 4.20. The first-order valence-corrected chi connectivity index (χ1v) is 7.47. The number of nitrogens with zero attached hydrogens (tertiary/aromatic N) is 4. The molecule has 0 spiro atoms. The second-order valence-electron chi connectivity index (χ2n) is 4.52. The van der Waals surface area contributed by atoms with E-state index in [0.29, 0.717) is 0 Å². The summed E-state index contributed by atoms with van der Waals surface area (Å²) in [5.74, 6) is 1.70. The first-order chi connectivity index (χ1) is 10.7. The number of para-hydroxylation sites is 4. The van der Waals surface area contributed by atoms with Gasteiger partial charge in [-0.25, -0.2) is 0 Å². The van der Waals surface area contributed by atoms with Crippen molar-refractivity contribution in [1.82, 2.24) is 19.9 Å². The summed E-state index contributed by atoms with van der Waals surface area (Å²) in [5, 5.41) is 0. The van der Waals surface area contributed by atoms with Gasteiger partial charge in [0.15, 0.2) is 0 Å². The number of halogens is 2. The van der Waals surface area contributed by atoms with Gasteiger partial charge in [-0.1, -0.05) is 60.2 Å². The van der Waals surface area contributed by atoms with E-state index in [9.17, 15) is 0 Å². The van der Waals surface area contributed by atoms with Crippen LogP contribution in [0.1, 0.15) is 11.6 Å². The summed E-state index contributed by atoms with van der Waals surface area (Å²) in [6.45, 7) is 3.81. The van der Waals surface area contributed by atoms with Crippen LogP contribution in [0.2, 0.25) is 0 Å². The Morgan fingerprint density at radius 3 is 1.38 bits per heavy atom. The Bertz CT molecular complexity index is 735. The van der Waals surface area contributed by atoms with Crippen molar-refractivity contribution < 1.29 is 15.6 Å². The Morgan fingerprint density at radius 1 is 0.708 bits per heavy atom. The standard InChI is InChI=1S/2C8H7N2.CH2.2ClH.Fe/c2*1-6-9-7-4-2-3-5-8(7)10-6;;;;/h2*2-5H,1H3;1H2;2*1H;/q2*-1;;;;. The van der Waals surface area contributed by atoms with Crippen molar-refractivity contribution in [2.24, 2.45) is 0 Å². The fraction of sp³-hybridized carbons (Fsp3) is 0.118. The second-order valence-corrected chi connectivity index (χ2v) is 4.52. The second kappa shape index (κ2) is 11.0. The number of imidazole rings is 2. The normalized spacial score (nSPS) is 8.96. The van der Waals surface area contributed by atoms with E-state index >= 15 is 0 Å². The van der Waals surface area contributed by atoms with Crippen molar-refractivity contribution in [2.45, 2.75) is 13.8 Å². The molecule has 0 aliphatic rings. The fourth-order valence-electron chi connectivity index (χ4n) is 2.05. The van der Waals surface area contributed by atoms with Crippen LogP contribution in [0.5, 0.6) is 0 Å². The molecule has 0 bridgehead atoms. The minimum atomic E-state index is 0. The molecule has 7 heteroatoms. The predicted octanol–water partition coefficient (Wildman–Crippen LogP) is 3.81. The monoisotopic (exact) mass is 404 g/mol. The zero-order valence-corrected chi connectivity index (χ0v) is 16.0. The molecule has 0 N–H and O–H groups in total. The molecule has 0 atom stereocenters. The zero-order chi connectivity index (χ0) is 15.9. The number of hydrogen-bond acceptors (Lipinski definition) is 2. The number of fused-ring (bicyclic) bond motifs is 2. The Morgan fingerprint density at radius 2 is 1.04 bits per heavy atom. The van der Waals surface area contributed by atoms with Crippen LogP contribution >= 0.6 is 24.8 Å². The quantitative estimate of drug-likeness (QED) is 0.418. The molecule has 2 aromatic carbocycles. The van der Waals surface area contributed by atoms with Crippen molar-refractivity contribution in [3.63, 3.8) is 0 Å². The van der Waals surface area contributed by atoms with Gasteiger partial charge >= 0.3 is 21.0 Å². The molecule has 0 aliphatic heterocycles. The van der Waals surface area contributed by atoms with Gasteiger partial charge in [-0.3, -0.25) is 0 Å². The first kappa shape index (κ1) is 22.3. The van der Waals surface area contributed by atoms with Gasteiger partial charge in [0.05, 0.1) is 0 Å². The van der Waals surface area contributed by atoms with E-state index < -0.39 is 0 Å². The molecule has 4 rings (SSSR count). The summed E-state index contributed by atoms with van der Waals surface area (Å²) in [6, 6.07) is 15.7. The van der Waals surface area contributed by atoms with E-state index in [2.05, 4.69) is 40.9 Å². The van der Waals surface area contributed by atoms with E-state index in [4.69, 9.17) is 0 Å². The van der Waals surface area contributed by atoms with Gasteiger partial charge in [0.1, 0.15) is 0 Å². The van der Waals surface area contributed by atoms with Crippen LogP contribution in [-0.2, 0) is 15.6 Å². The third-order valence-electron chi connectivity index (χ3n) is 2.89. The Hall–Kier alpha value is -1.65. The fourth-order valence-corrected chi connectivity index (χ4v) is 2.05. The molecule has 0 fully saturated rings. The molecular formula is C17H18Cl2FeN4-2. The molecule has 4 nitrogen and oxygen atoms in total. The average molecular weight is 405 g/mol. The van der Waals surface area contributed by atoms with Crippen LogP contribution in [0.3, 0.4) is 0 Å². The first-order valence-electron chi connectivity index (χ1n) is 6.69. The van der Waals surface area contributed by atoms with Crippen LogP contribution in [0.4, 0.5) is 0 Å². The van der Waals surface area contributed by atoms with Gasteiger partial charge in [0, 0.05) is 0 Å². The molecule has 0 aliphatic carbocycles. The molecule has 2 heterocycles. The van der Waals surface area contributed by atoms with Gasteiger partial charge in [-0.15, -0.1) is 24.8 Å². The van der Waals surface area contributed by atoms with E-state index in [1.807, 2.05) is 62.4 Å². The average Bonchev–Trinajstić information content (AvgIpc) is 3.10. The van der Waals surface area contributed by atoms with Crippen molar-refractivity contribution in [3.05, 3.63) is 60.2 Å². The summed E-state index contributed by atoms with van der Waals surface area (Å²) in [4.78, 5) is 16.8. The van der Waals surface area contributed by atoms with Gasteiger partial charge < -0.3 is 19.9 Å². The van der Waals surface area contributed by atoms with E-state index in [-0.39, 0.29) is 24.8 Å². The predicted molar refractivity (Wildman–Crippen MR) is 101 cm³/mol. The Kier molecular flexibility index (Phi) is 10.2. The molecule has 4 aromatic rings. The maximum atomic E-state index is 4.20. The Balaban J connectivity index is 0.000000372. The van der Waals surface area contributed by atoms with Gasteiger partial charge in [0.25, 0.3) is 0 Å². The summed E-state index contributed by atoms with van der Waals surface area (Å²) >= 11 is 3.00. The van der Waals surface area contributed by atoms with Crippen molar-refractivity contribution in [3.8, 4) is 0 Å². The molecule has 24 heavy (non-hydrogen) atoms. The Labute approximate surface area is 161 Å². The molecule has 0 unspecified atom stereocenters. The third kappa shape index (κ3) is 5.77. The SMILES string of the molecule is Cc1nc2ccccc2[n-]1.Cc1nc2ccccc2[n-]1.Cl.Cl.[CH2]=[Fe]. The van der Waals surface area contributed by atoms with Gasteiger partial charge in [-0.05, 0) is 35.9 Å². The van der Waals surface area contributed by atoms with Crippen LogP contribution in [0.15, 0.2) is 48.5 Å². The number of hydrogen-bond donors (Lipinski definition) is 0. The third-order valence-corrected chi connectivity index (χ3v) is 2.89. The number of rotatable bonds is 0. The molecule has 0 saturated heterocycles. The minimum absolute atomic E-state index is 0. The molecule has 0 amide bonds.